The van der Waals surface area contributed by atoms with E-state index >= 15 is 0 Å². The zero-order valence-corrected chi connectivity index (χ0v) is 13.9. The van der Waals surface area contributed by atoms with Gasteiger partial charge in [-0.2, -0.15) is 0 Å². The Kier molecular flexibility index (Phi) is 4.55. The summed E-state index contributed by atoms with van der Waals surface area (Å²) in [7, 11) is 0. The molecule has 0 saturated carbocycles. The Labute approximate surface area is 132 Å². The van der Waals surface area contributed by atoms with Crippen molar-refractivity contribution in [3.63, 3.8) is 0 Å². The second kappa shape index (κ2) is 6.22. The number of amides is 1. The molecule has 0 saturated heterocycles. The van der Waals surface area contributed by atoms with Gasteiger partial charge >= 0.3 is 0 Å². The smallest absolute Gasteiger partial charge is 0.250 e. The van der Waals surface area contributed by atoms with Crippen LogP contribution in [0.3, 0.4) is 0 Å². The van der Waals surface area contributed by atoms with Gasteiger partial charge in [-0.25, -0.2) is 0 Å². The highest BCUT2D eigenvalue weighted by molar-refractivity contribution is 5.99. The molecule has 3 nitrogen and oxygen atoms in total. The first kappa shape index (κ1) is 16.1. The molecule has 2 aromatic rings. The first-order valence-corrected chi connectivity index (χ1v) is 7.58. The molecule has 0 unspecified atom stereocenters. The SMILES string of the molecule is Cc1cc(C)c(Nc2ccc(C(C)C)cc2C(N)=O)c(C)c1. The molecule has 0 heterocycles. The number of anilines is 2. The Hall–Kier alpha value is -2.29. The van der Waals surface area contributed by atoms with Crippen LogP contribution in [0, 0.1) is 20.8 Å². The summed E-state index contributed by atoms with van der Waals surface area (Å²) in [4.78, 5) is 11.8. The molecule has 0 aliphatic carbocycles. The summed E-state index contributed by atoms with van der Waals surface area (Å²) >= 11 is 0. The maximum Gasteiger partial charge on any atom is 0.250 e. The van der Waals surface area contributed by atoms with Gasteiger partial charge in [-0.3, -0.25) is 4.79 Å². The van der Waals surface area contributed by atoms with E-state index in [1.807, 2.05) is 18.2 Å². The Morgan fingerprint density at radius 1 is 1.05 bits per heavy atom. The van der Waals surface area contributed by atoms with Gasteiger partial charge in [0.15, 0.2) is 0 Å². The molecule has 0 radical (unpaired) electrons. The van der Waals surface area contributed by atoms with E-state index in [0.29, 0.717) is 11.5 Å². The van der Waals surface area contributed by atoms with E-state index in [1.54, 1.807) is 0 Å². The van der Waals surface area contributed by atoms with E-state index in [-0.39, 0.29) is 0 Å². The molecule has 0 atom stereocenters. The molecule has 0 aromatic heterocycles. The third kappa shape index (κ3) is 3.30. The molecule has 3 heteroatoms. The van der Waals surface area contributed by atoms with Crippen molar-refractivity contribution < 1.29 is 4.79 Å². The average molecular weight is 296 g/mol. The number of hydrogen-bond acceptors (Lipinski definition) is 2. The lowest BCUT2D eigenvalue weighted by Gasteiger charge is -2.17. The highest BCUT2D eigenvalue weighted by Crippen LogP contribution is 2.29. The number of carbonyl (C=O) groups excluding carboxylic acids is 1. The van der Waals surface area contributed by atoms with Crippen molar-refractivity contribution in [3.05, 3.63) is 58.1 Å². The summed E-state index contributed by atoms with van der Waals surface area (Å²) in [6, 6.07) is 10.1. The molecule has 0 fully saturated rings. The Bertz CT molecular complexity index is 694. The van der Waals surface area contributed by atoms with Gasteiger partial charge in [0, 0.05) is 5.69 Å². The summed E-state index contributed by atoms with van der Waals surface area (Å²) < 4.78 is 0. The summed E-state index contributed by atoms with van der Waals surface area (Å²) in [5.74, 6) is -0.0533. The van der Waals surface area contributed by atoms with Gasteiger partial charge in [0.05, 0.1) is 11.3 Å². The highest BCUT2D eigenvalue weighted by atomic mass is 16.1. The third-order valence-electron chi connectivity index (χ3n) is 3.91. The van der Waals surface area contributed by atoms with Crippen LogP contribution in [0.25, 0.3) is 0 Å². The molecule has 2 rings (SSSR count). The largest absolute Gasteiger partial charge is 0.366 e. The summed E-state index contributed by atoms with van der Waals surface area (Å²) in [5.41, 5.74) is 12.5. The van der Waals surface area contributed by atoms with Crippen LogP contribution in [-0.4, -0.2) is 5.91 Å². The number of rotatable bonds is 4. The normalized spacial score (nSPS) is 10.8. The lowest BCUT2D eigenvalue weighted by Crippen LogP contribution is -2.14. The van der Waals surface area contributed by atoms with Gasteiger partial charge in [-0.1, -0.05) is 37.6 Å². The minimum Gasteiger partial charge on any atom is -0.366 e. The third-order valence-corrected chi connectivity index (χ3v) is 3.91. The van der Waals surface area contributed by atoms with E-state index < -0.39 is 5.91 Å². The van der Waals surface area contributed by atoms with Crippen molar-refractivity contribution in [1.29, 1.82) is 0 Å². The van der Waals surface area contributed by atoms with Gasteiger partial charge in [-0.15, -0.1) is 0 Å². The standard InChI is InChI=1S/C19H24N2O/c1-11(2)15-6-7-17(16(10-15)19(20)22)21-18-13(4)8-12(3)9-14(18)5/h6-11,21H,1-5H3,(H2,20,22). The lowest BCUT2D eigenvalue weighted by molar-refractivity contribution is 0.100. The number of benzene rings is 2. The summed E-state index contributed by atoms with van der Waals surface area (Å²) in [6.45, 7) is 10.4. The van der Waals surface area contributed by atoms with Crippen LogP contribution in [-0.2, 0) is 0 Å². The fourth-order valence-corrected chi connectivity index (χ4v) is 2.75. The maximum atomic E-state index is 11.8. The van der Waals surface area contributed by atoms with E-state index in [0.717, 1.165) is 28.1 Å². The van der Waals surface area contributed by atoms with E-state index in [2.05, 4.69) is 52.1 Å². The van der Waals surface area contributed by atoms with Gasteiger partial charge in [-0.05, 0) is 55.5 Å². The number of aryl methyl sites for hydroxylation is 3. The molecule has 1 amide bonds. The predicted molar refractivity (Wildman–Crippen MR) is 93.0 cm³/mol. The zero-order chi connectivity index (χ0) is 16.4. The Morgan fingerprint density at radius 2 is 1.64 bits per heavy atom. The summed E-state index contributed by atoms with van der Waals surface area (Å²) in [5, 5.41) is 3.38. The molecule has 3 N–H and O–H groups in total. The fraction of sp³-hybridized carbons (Fsp3) is 0.316. The number of hydrogen-bond donors (Lipinski definition) is 2. The van der Waals surface area contributed by atoms with Crippen molar-refractivity contribution in [1.82, 2.24) is 0 Å². The molecule has 2 aromatic carbocycles. The van der Waals surface area contributed by atoms with Gasteiger partial charge in [0.25, 0.3) is 5.91 Å². The second-order valence-electron chi connectivity index (χ2n) is 6.22. The molecule has 0 spiro atoms. The Balaban J connectivity index is 2.48. The molecule has 22 heavy (non-hydrogen) atoms. The van der Waals surface area contributed by atoms with Crippen molar-refractivity contribution >= 4 is 17.3 Å². The van der Waals surface area contributed by atoms with Crippen LogP contribution >= 0.6 is 0 Å². The Morgan fingerprint density at radius 3 is 2.14 bits per heavy atom. The quantitative estimate of drug-likeness (QED) is 0.867. The predicted octanol–water partition coefficient (Wildman–Crippen LogP) is 4.58. The van der Waals surface area contributed by atoms with Crippen LogP contribution in [0.5, 0.6) is 0 Å². The van der Waals surface area contributed by atoms with Gasteiger partial charge in [0.2, 0.25) is 0 Å². The van der Waals surface area contributed by atoms with Crippen molar-refractivity contribution in [2.45, 2.75) is 40.5 Å². The van der Waals surface area contributed by atoms with E-state index in [9.17, 15) is 4.79 Å². The topological polar surface area (TPSA) is 55.1 Å². The molecule has 116 valence electrons. The highest BCUT2D eigenvalue weighted by Gasteiger charge is 2.13. The van der Waals surface area contributed by atoms with E-state index in [4.69, 9.17) is 5.73 Å². The van der Waals surface area contributed by atoms with Crippen molar-refractivity contribution in [2.24, 2.45) is 5.73 Å². The van der Waals surface area contributed by atoms with Crippen LogP contribution in [0.15, 0.2) is 30.3 Å². The number of carbonyl (C=O) groups is 1. The first-order chi connectivity index (χ1) is 10.3. The number of nitrogens with two attached hydrogens (primary N) is 1. The lowest BCUT2D eigenvalue weighted by atomic mass is 9.98. The van der Waals surface area contributed by atoms with Gasteiger partial charge in [0.1, 0.15) is 0 Å². The minimum atomic E-state index is -0.410. The second-order valence-corrected chi connectivity index (χ2v) is 6.22. The van der Waals surface area contributed by atoms with Crippen LogP contribution in [0.4, 0.5) is 11.4 Å². The minimum absolute atomic E-state index is 0.356. The number of nitrogens with one attached hydrogen (secondary N) is 1. The van der Waals surface area contributed by atoms with E-state index in [1.165, 1.54) is 5.56 Å². The average Bonchev–Trinajstić information content (AvgIpc) is 2.42. The van der Waals surface area contributed by atoms with Crippen LogP contribution in [0.1, 0.15) is 52.4 Å². The first-order valence-electron chi connectivity index (χ1n) is 7.58. The molecular formula is C19H24N2O. The van der Waals surface area contributed by atoms with Crippen molar-refractivity contribution in [3.8, 4) is 0 Å². The number of primary amides is 1. The van der Waals surface area contributed by atoms with Crippen LogP contribution in [0.2, 0.25) is 0 Å². The van der Waals surface area contributed by atoms with Gasteiger partial charge < -0.3 is 11.1 Å². The molecule has 0 aliphatic rings. The van der Waals surface area contributed by atoms with Crippen LogP contribution < -0.4 is 11.1 Å². The molecule has 0 bridgehead atoms. The zero-order valence-electron chi connectivity index (χ0n) is 13.9. The molecule has 0 aliphatic heterocycles. The molecular weight excluding hydrogens is 272 g/mol. The fourth-order valence-electron chi connectivity index (χ4n) is 2.75. The maximum absolute atomic E-state index is 11.8. The van der Waals surface area contributed by atoms with Crippen molar-refractivity contribution in [2.75, 3.05) is 5.32 Å². The summed E-state index contributed by atoms with van der Waals surface area (Å²) in [6.07, 6.45) is 0. The monoisotopic (exact) mass is 296 g/mol.